The lowest BCUT2D eigenvalue weighted by atomic mass is 9.81. The predicted octanol–water partition coefficient (Wildman–Crippen LogP) is 3.69. The molecule has 1 saturated carbocycles. The van der Waals surface area contributed by atoms with Crippen molar-refractivity contribution in [2.75, 3.05) is 0 Å². The first-order valence-corrected chi connectivity index (χ1v) is 9.85. The quantitative estimate of drug-likeness (QED) is 0.526. The van der Waals surface area contributed by atoms with E-state index in [1.807, 2.05) is 0 Å². The second-order valence-corrected chi connectivity index (χ2v) is 7.87. The van der Waals surface area contributed by atoms with Gasteiger partial charge in [0.25, 0.3) is 5.56 Å². The van der Waals surface area contributed by atoms with Crippen LogP contribution in [0.25, 0.3) is 27.7 Å². The lowest BCUT2D eigenvalue weighted by Crippen LogP contribution is -2.27. The number of halogens is 2. The standard InChI is InChI=1S/C22H19F2N3O3/c23-12-4-6-14(7-5-12)27-18-10-15(11-2-1-3-13(25)8-11)17(24)9-16(18)20(28)19-21(29)26-30-22(19)27/h4-7,9-11,13H,1-3,8,25H2,(H,26,29). The zero-order chi connectivity index (χ0) is 21.0. The Bertz CT molecular complexity index is 1390. The molecule has 2 atom stereocenters. The largest absolute Gasteiger partial charge is 0.359 e. The number of hydrogen-bond acceptors (Lipinski definition) is 4. The number of H-pyrrole nitrogens is 1. The van der Waals surface area contributed by atoms with Crippen LogP contribution in [0.1, 0.15) is 37.2 Å². The summed E-state index contributed by atoms with van der Waals surface area (Å²) in [6.07, 6.45) is 3.27. The number of aromatic amines is 1. The third-order valence-electron chi connectivity index (χ3n) is 5.95. The molecule has 6 nitrogen and oxygen atoms in total. The molecule has 8 heteroatoms. The van der Waals surface area contributed by atoms with Crippen molar-refractivity contribution in [1.29, 1.82) is 0 Å². The maximum absolute atomic E-state index is 15.1. The van der Waals surface area contributed by atoms with Crippen LogP contribution in [0, 0.1) is 11.6 Å². The van der Waals surface area contributed by atoms with Crippen molar-refractivity contribution in [3.05, 3.63) is 74.2 Å². The molecule has 2 aromatic carbocycles. The maximum Gasteiger partial charge on any atom is 0.293 e. The van der Waals surface area contributed by atoms with Crippen molar-refractivity contribution in [3.8, 4) is 5.69 Å². The Balaban J connectivity index is 1.87. The Morgan fingerprint density at radius 1 is 1.10 bits per heavy atom. The number of nitrogens with zero attached hydrogens (tertiary/aromatic N) is 1. The molecule has 30 heavy (non-hydrogen) atoms. The average molecular weight is 411 g/mol. The first kappa shape index (κ1) is 18.7. The average Bonchev–Trinajstić information content (AvgIpc) is 3.11. The van der Waals surface area contributed by atoms with E-state index in [0.29, 0.717) is 23.2 Å². The van der Waals surface area contributed by atoms with Gasteiger partial charge in [0.15, 0.2) is 5.39 Å². The summed E-state index contributed by atoms with van der Waals surface area (Å²) in [6, 6.07) is 8.35. The molecule has 2 heterocycles. The van der Waals surface area contributed by atoms with Crippen LogP contribution >= 0.6 is 0 Å². The molecule has 1 aliphatic carbocycles. The molecule has 0 amide bonds. The number of hydrogen-bond donors (Lipinski definition) is 2. The molecule has 0 saturated heterocycles. The van der Waals surface area contributed by atoms with Gasteiger partial charge in [-0.05, 0) is 67.1 Å². The minimum Gasteiger partial charge on any atom is -0.359 e. The maximum atomic E-state index is 15.1. The van der Waals surface area contributed by atoms with Crippen LogP contribution in [0.15, 0.2) is 50.5 Å². The van der Waals surface area contributed by atoms with E-state index in [9.17, 15) is 14.0 Å². The van der Waals surface area contributed by atoms with Gasteiger partial charge < -0.3 is 10.3 Å². The Labute approximate surface area is 168 Å². The molecule has 0 bridgehead atoms. The molecule has 0 spiro atoms. The molecule has 2 unspecified atom stereocenters. The van der Waals surface area contributed by atoms with Crippen LogP contribution < -0.4 is 16.7 Å². The number of rotatable bonds is 2. The summed E-state index contributed by atoms with van der Waals surface area (Å²) in [7, 11) is 0. The van der Waals surface area contributed by atoms with Crippen molar-refractivity contribution < 1.29 is 13.3 Å². The smallest absolute Gasteiger partial charge is 0.293 e. The van der Waals surface area contributed by atoms with Gasteiger partial charge in [-0.1, -0.05) is 6.42 Å². The molecule has 2 aromatic heterocycles. The van der Waals surface area contributed by atoms with Gasteiger partial charge in [0, 0.05) is 11.7 Å². The second-order valence-electron chi connectivity index (χ2n) is 7.87. The number of nitrogens with one attached hydrogen (secondary N) is 1. The van der Waals surface area contributed by atoms with Crippen LogP contribution in [0.2, 0.25) is 0 Å². The number of fused-ring (bicyclic) bond motifs is 2. The lowest BCUT2D eigenvalue weighted by Gasteiger charge is -2.27. The highest BCUT2D eigenvalue weighted by atomic mass is 19.1. The fourth-order valence-electron chi connectivity index (χ4n) is 4.51. The normalized spacial score (nSPS) is 19.6. The summed E-state index contributed by atoms with van der Waals surface area (Å²) in [5.41, 5.74) is 6.13. The van der Waals surface area contributed by atoms with Crippen LogP contribution in [0.3, 0.4) is 0 Å². The molecule has 3 N–H and O–H groups in total. The zero-order valence-corrected chi connectivity index (χ0v) is 16.0. The van der Waals surface area contributed by atoms with Crippen LogP contribution in [0.5, 0.6) is 0 Å². The summed E-state index contributed by atoms with van der Waals surface area (Å²) in [6.45, 7) is 0. The van der Waals surface area contributed by atoms with Crippen LogP contribution in [-0.4, -0.2) is 15.8 Å². The Morgan fingerprint density at radius 2 is 1.87 bits per heavy atom. The van der Waals surface area contributed by atoms with Crippen LogP contribution in [-0.2, 0) is 0 Å². The van der Waals surface area contributed by atoms with Gasteiger partial charge in [-0.2, -0.15) is 5.16 Å². The van der Waals surface area contributed by atoms with Crippen molar-refractivity contribution >= 4 is 22.0 Å². The molecular formula is C22H19F2N3O3. The van der Waals surface area contributed by atoms with E-state index in [4.69, 9.17) is 10.3 Å². The fourth-order valence-corrected chi connectivity index (χ4v) is 4.51. The number of aromatic nitrogens is 2. The van der Waals surface area contributed by atoms with E-state index in [-0.39, 0.29) is 28.4 Å². The second kappa shape index (κ2) is 6.91. The first-order chi connectivity index (χ1) is 14.4. The van der Waals surface area contributed by atoms with Gasteiger partial charge in [-0.3, -0.25) is 14.2 Å². The summed E-state index contributed by atoms with van der Waals surface area (Å²) in [5, 5.41) is 2.02. The summed E-state index contributed by atoms with van der Waals surface area (Å²) in [4.78, 5) is 25.1. The Kier molecular flexibility index (Phi) is 4.32. The summed E-state index contributed by atoms with van der Waals surface area (Å²) < 4.78 is 35.4. The Morgan fingerprint density at radius 3 is 2.60 bits per heavy atom. The fraction of sp³-hybridized carbons (Fsp3) is 0.273. The zero-order valence-electron chi connectivity index (χ0n) is 16.0. The Hall–Kier alpha value is -3.26. The van der Waals surface area contributed by atoms with Gasteiger partial charge in [0.1, 0.15) is 11.6 Å². The third kappa shape index (κ3) is 2.87. The van der Waals surface area contributed by atoms with Crippen molar-refractivity contribution in [2.45, 2.75) is 37.6 Å². The van der Waals surface area contributed by atoms with E-state index in [0.717, 1.165) is 19.3 Å². The first-order valence-electron chi connectivity index (χ1n) is 9.85. The highest BCUT2D eigenvalue weighted by Gasteiger charge is 2.26. The van der Waals surface area contributed by atoms with Gasteiger partial charge in [0.2, 0.25) is 11.1 Å². The molecule has 1 fully saturated rings. The van der Waals surface area contributed by atoms with Crippen molar-refractivity contribution in [3.63, 3.8) is 0 Å². The summed E-state index contributed by atoms with van der Waals surface area (Å²) >= 11 is 0. The van der Waals surface area contributed by atoms with Crippen molar-refractivity contribution in [1.82, 2.24) is 9.72 Å². The van der Waals surface area contributed by atoms with Gasteiger partial charge in [-0.15, -0.1) is 0 Å². The molecule has 0 radical (unpaired) electrons. The predicted molar refractivity (Wildman–Crippen MR) is 109 cm³/mol. The molecular weight excluding hydrogens is 392 g/mol. The van der Waals surface area contributed by atoms with Crippen LogP contribution in [0.4, 0.5) is 8.78 Å². The monoisotopic (exact) mass is 411 g/mol. The van der Waals surface area contributed by atoms with E-state index < -0.39 is 22.6 Å². The van der Waals surface area contributed by atoms with Gasteiger partial charge in [0.05, 0.1) is 10.9 Å². The third-order valence-corrected chi connectivity index (χ3v) is 5.95. The topological polar surface area (TPSA) is 94.0 Å². The molecule has 1 aliphatic rings. The molecule has 0 aliphatic heterocycles. The lowest BCUT2D eigenvalue weighted by molar-refractivity contribution is 0.385. The highest BCUT2D eigenvalue weighted by Crippen LogP contribution is 2.36. The highest BCUT2D eigenvalue weighted by molar-refractivity contribution is 5.93. The van der Waals surface area contributed by atoms with Gasteiger partial charge in [-0.25, -0.2) is 8.78 Å². The van der Waals surface area contributed by atoms with E-state index >= 15 is 4.39 Å². The number of pyridine rings is 1. The SMILES string of the molecule is NC1CCCC(c2cc3c(cc2F)c(=O)c2c(=O)[nH]oc2n3-c2ccc(F)cc2)C1. The number of benzene rings is 2. The van der Waals surface area contributed by atoms with Gasteiger partial charge >= 0.3 is 0 Å². The van der Waals surface area contributed by atoms with E-state index in [1.54, 1.807) is 6.07 Å². The van der Waals surface area contributed by atoms with E-state index in [2.05, 4.69) is 5.16 Å². The van der Waals surface area contributed by atoms with Crippen molar-refractivity contribution in [2.24, 2.45) is 5.73 Å². The minimum absolute atomic E-state index is 0.00186. The summed E-state index contributed by atoms with van der Waals surface area (Å²) in [5.74, 6) is -0.994. The molecule has 5 rings (SSSR count). The molecule has 154 valence electrons. The minimum atomic E-state index is -0.699. The molecule has 4 aromatic rings. The number of nitrogens with two attached hydrogens (primary N) is 1. The van der Waals surface area contributed by atoms with E-state index in [1.165, 1.54) is 34.9 Å².